The minimum absolute atomic E-state index is 0.0768. The predicted molar refractivity (Wildman–Crippen MR) is 75.2 cm³/mol. The van der Waals surface area contributed by atoms with Crippen LogP contribution in [0.3, 0.4) is 0 Å². The van der Waals surface area contributed by atoms with Crippen LogP contribution >= 0.6 is 0 Å². The first-order valence-electron chi connectivity index (χ1n) is 6.88. The van der Waals surface area contributed by atoms with Crippen LogP contribution in [0.2, 0.25) is 0 Å². The molecule has 0 radical (unpaired) electrons. The van der Waals surface area contributed by atoms with Crippen LogP contribution in [0.15, 0.2) is 6.07 Å². The molecule has 0 aliphatic heterocycles. The lowest BCUT2D eigenvalue weighted by molar-refractivity contribution is 0.0836. The summed E-state index contributed by atoms with van der Waals surface area (Å²) in [4.78, 5) is 12.3. The Morgan fingerprint density at radius 2 is 2.16 bits per heavy atom. The number of aliphatic hydroxyl groups is 1. The highest BCUT2D eigenvalue weighted by molar-refractivity contribution is 5.93. The fraction of sp³-hybridized carbons (Fsp3) is 0.714. The number of aliphatic hydroxyl groups excluding tert-OH is 1. The van der Waals surface area contributed by atoms with Crippen LogP contribution in [0.4, 0.5) is 0 Å². The molecule has 0 spiro atoms. The van der Waals surface area contributed by atoms with E-state index in [-0.39, 0.29) is 18.4 Å². The van der Waals surface area contributed by atoms with Crippen molar-refractivity contribution < 1.29 is 9.90 Å². The molecule has 1 heterocycles. The van der Waals surface area contributed by atoms with Crippen LogP contribution in [0, 0.1) is 0 Å². The van der Waals surface area contributed by atoms with E-state index in [1.54, 1.807) is 4.68 Å². The number of nitrogens with one attached hydrogen (secondary N) is 1. The number of amides is 1. The van der Waals surface area contributed by atoms with E-state index >= 15 is 0 Å². The van der Waals surface area contributed by atoms with Crippen molar-refractivity contribution in [1.82, 2.24) is 15.1 Å². The molecule has 1 unspecified atom stereocenters. The Kier molecular flexibility index (Phi) is 5.11. The van der Waals surface area contributed by atoms with Crippen LogP contribution < -0.4 is 5.32 Å². The molecule has 1 aromatic heterocycles. The molecule has 1 aromatic rings. The van der Waals surface area contributed by atoms with E-state index in [0.717, 1.165) is 5.69 Å². The lowest BCUT2D eigenvalue weighted by Crippen LogP contribution is -2.48. The lowest BCUT2D eigenvalue weighted by Gasteiger charge is -2.27. The SMILES string of the molecule is CCn1nc(C(C)C)cc1C(=O)NC(C)(CC)CO. The van der Waals surface area contributed by atoms with E-state index in [4.69, 9.17) is 0 Å². The summed E-state index contributed by atoms with van der Waals surface area (Å²) >= 11 is 0. The van der Waals surface area contributed by atoms with Crippen molar-refractivity contribution in [1.29, 1.82) is 0 Å². The molecule has 0 fully saturated rings. The molecule has 19 heavy (non-hydrogen) atoms. The second kappa shape index (κ2) is 6.19. The van der Waals surface area contributed by atoms with Gasteiger partial charge in [-0.25, -0.2) is 0 Å². The zero-order chi connectivity index (χ0) is 14.6. The number of hydrogen-bond donors (Lipinski definition) is 2. The minimum atomic E-state index is -0.585. The van der Waals surface area contributed by atoms with Gasteiger partial charge in [0.25, 0.3) is 5.91 Å². The summed E-state index contributed by atoms with van der Waals surface area (Å²) in [5, 5.41) is 16.7. The Morgan fingerprint density at radius 1 is 1.53 bits per heavy atom. The fourth-order valence-corrected chi connectivity index (χ4v) is 1.72. The molecule has 0 aliphatic carbocycles. The molecule has 1 amide bonds. The second-order valence-corrected chi connectivity index (χ2v) is 5.45. The maximum absolute atomic E-state index is 12.3. The third-order valence-corrected chi connectivity index (χ3v) is 3.47. The summed E-state index contributed by atoms with van der Waals surface area (Å²) < 4.78 is 1.71. The normalized spacial score (nSPS) is 14.5. The number of carbonyl (C=O) groups is 1. The van der Waals surface area contributed by atoms with Crippen LogP contribution in [0.5, 0.6) is 0 Å². The molecule has 108 valence electrons. The maximum atomic E-state index is 12.3. The van der Waals surface area contributed by atoms with Gasteiger partial charge in [-0.1, -0.05) is 20.8 Å². The van der Waals surface area contributed by atoms with Gasteiger partial charge in [0.2, 0.25) is 0 Å². The number of hydrogen-bond acceptors (Lipinski definition) is 3. The average molecular weight is 267 g/mol. The predicted octanol–water partition coefficient (Wildman–Crippen LogP) is 1.92. The van der Waals surface area contributed by atoms with Gasteiger partial charge >= 0.3 is 0 Å². The van der Waals surface area contributed by atoms with Crippen molar-refractivity contribution in [3.8, 4) is 0 Å². The Morgan fingerprint density at radius 3 is 2.58 bits per heavy atom. The zero-order valence-electron chi connectivity index (χ0n) is 12.5. The van der Waals surface area contributed by atoms with Gasteiger partial charge in [-0.05, 0) is 32.3 Å². The van der Waals surface area contributed by atoms with Gasteiger partial charge < -0.3 is 10.4 Å². The lowest BCUT2D eigenvalue weighted by atomic mass is 10.00. The van der Waals surface area contributed by atoms with Crippen LogP contribution in [-0.4, -0.2) is 32.9 Å². The summed E-state index contributed by atoms with van der Waals surface area (Å²) in [6.07, 6.45) is 0.673. The molecule has 1 atom stereocenters. The molecule has 0 aliphatic rings. The third-order valence-electron chi connectivity index (χ3n) is 3.47. The van der Waals surface area contributed by atoms with Gasteiger partial charge in [0, 0.05) is 6.54 Å². The molecular weight excluding hydrogens is 242 g/mol. The van der Waals surface area contributed by atoms with Gasteiger partial charge in [-0.3, -0.25) is 9.48 Å². The van der Waals surface area contributed by atoms with E-state index < -0.39 is 5.54 Å². The molecule has 0 saturated heterocycles. The second-order valence-electron chi connectivity index (χ2n) is 5.45. The first-order valence-corrected chi connectivity index (χ1v) is 6.88. The van der Waals surface area contributed by atoms with Crippen molar-refractivity contribution in [3.05, 3.63) is 17.5 Å². The first-order chi connectivity index (χ1) is 8.86. The first kappa shape index (κ1) is 15.7. The Labute approximate surface area is 115 Å². The summed E-state index contributed by atoms with van der Waals surface area (Å²) in [7, 11) is 0. The van der Waals surface area contributed by atoms with Gasteiger partial charge in [0.15, 0.2) is 0 Å². The maximum Gasteiger partial charge on any atom is 0.270 e. The van der Waals surface area contributed by atoms with Gasteiger partial charge in [0.1, 0.15) is 5.69 Å². The van der Waals surface area contributed by atoms with Crippen LogP contribution in [0.25, 0.3) is 0 Å². The summed E-state index contributed by atoms with van der Waals surface area (Å²) in [6.45, 7) is 10.4. The molecule has 5 nitrogen and oxygen atoms in total. The molecule has 2 N–H and O–H groups in total. The van der Waals surface area contributed by atoms with E-state index in [2.05, 4.69) is 10.4 Å². The largest absolute Gasteiger partial charge is 0.394 e. The Bertz CT molecular complexity index is 434. The monoisotopic (exact) mass is 267 g/mol. The van der Waals surface area contributed by atoms with Crippen molar-refractivity contribution in [2.45, 2.75) is 59.0 Å². The molecule has 0 bridgehead atoms. The van der Waals surface area contributed by atoms with Gasteiger partial charge in [0.05, 0.1) is 17.8 Å². The van der Waals surface area contributed by atoms with Crippen LogP contribution in [-0.2, 0) is 6.54 Å². The number of aryl methyl sites for hydroxylation is 1. The molecule has 1 rings (SSSR count). The van der Waals surface area contributed by atoms with E-state index in [9.17, 15) is 9.90 Å². The van der Waals surface area contributed by atoms with Crippen molar-refractivity contribution in [2.75, 3.05) is 6.61 Å². The van der Waals surface area contributed by atoms with Crippen molar-refractivity contribution >= 4 is 5.91 Å². The molecule has 0 aromatic carbocycles. The van der Waals surface area contributed by atoms with E-state index in [0.29, 0.717) is 18.7 Å². The standard InChI is InChI=1S/C14H25N3O2/c1-6-14(5,9-18)15-13(19)12-8-11(10(3)4)16-17(12)7-2/h8,10,18H,6-7,9H2,1-5H3,(H,15,19). The van der Waals surface area contributed by atoms with Crippen LogP contribution in [0.1, 0.15) is 63.1 Å². The number of rotatable bonds is 6. The smallest absolute Gasteiger partial charge is 0.270 e. The number of carbonyl (C=O) groups excluding carboxylic acids is 1. The van der Waals surface area contributed by atoms with Crippen molar-refractivity contribution in [2.24, 2.45) is 0 Å². The van der Waals surface area contributed by atoms with Crippen molar-refractivity contribution in [3.63, 3.8) is 0 Å². The fourth-order valence-electron chi connectivity index (χ4n) is 1.72. The number of aromatic nitrogens is 2. The van der Waals surface area contributed by atoms with Gasteiger partial charge in [-0.2, -0.15) is 5.10 Å². The number of nitrogens with zero attached hydrogens (tertiary/aromatic N) is 2. The summed E-state index contributed by atoms with van der Waals surface area (Å²) in [6, 6.07) is 1.83. The quantitative estimate of drug-likeness (QED) is 0.827. The Balaban J connectivity index is 2.99. The highest BCUT2D eigenvalue weighted by atomic mass is 16.3. The summed E-state index contributed by atoms with van der Waals surface area (Å²) in [5.74, 6) is 0.106. The van der Waals surface area contributed by atoms with E-state index in [1.165, 1.54) is 0 Å². The van der Waals surface area contributed by atoms with E-state index in [1.807, 2.05) is 40.7 Å². The molecule has 0 saturated carbocycles. The zero-order valence-corrected chi connectivity index (χ0v) is 12.5. The summed E-state index contributed by atoms with van der Waals surface area (Å²) in [5.41, 5.74) is 0.881. The minimum Gasteiger partial charge on any atom is -0.394 e. The third kappa shape index (κ3) is 3.56. The highest BCUT2D eigenvalue weighted by Crippen LogP contribution is 2.16. The molecule has 5 heteroatoms. The highest BCUT2D eigenvalue weighted by Gasteiger charge is 2.26. The van der Waals surface area contributed by atoms with Gasteiger partial charge in [-0.15, -0.1) is 0 Å². The molecular formula is C14H25N3O2. The average Bonchev–Trinajstić information content (AvgIpc) is 2.82. The topological polar surface area (TPSA) is 67.2 Å². The Hall–Kier alpha value is -1.36.